The van der Waals surface area contributed by atoms with Crippen molar-refractivity contribution in [3.63, 3.8) is 0 Å². The van der Waals surface area contributed by atoms with Crippen LogP contribution in [0.1, 0.15) is 19.3 Å². The summed E-state index contributed by atoms with van der Waals surface area (Å²) in [5.74, 6) is -1.55. The van der Waals surface area contributed by atoms with E-state index in [0.717, 1.165) is 25.3 Å². The molecule has 17 heavy (non-hydrogen) atoms. The van der Waals surface area contributed by atoms with Crippen molar-refractivity contribution < 1.29 is 13.6 Å². The summed E-state index contributed by atoms with van der Waals surface area (Å²) in [7, 11) is 0. The Morgan fingerprint density at radius 3 is 2.65 bits per heavy atom. The summed E-state index contributed by atoms with van der Waals surface area (Å²) in [5, 5.41) is 5.53. The van der Waals surface area contributed by atoms with Crippen molar-refractivity contribution in [2.24, 2.45) is 5.41 Å². The van der Waals surface area contributed by atoms with Gasteiger partial charge in [-0.15, -0.1) is 0 Å². The van der Waals surface area contributed by atoms with Crippen LogP contribution in [0.4, 0.5) is 20.2 Å². The van der Waals surface area contributed by atoms with Gasteiger partial charge in [0.05, 0.1) is 11.1 Å². The highest BCUT2D eigenvalue weighted by Crippen LogP contribution is 2.44. The topological polar surface area (TPSA) is 41.1 Å². The molecule has 0 atom stereocenters. The second-order valence-corrected chi connectivity index (χ2v) is 4.75. The third-order valence-corrected chi connectivity index (χ3v) is 3.70. The van der Waals surface area contributed by atoms with Crippen molar-refractivity contribution in [2.75, 3.05) is 17.2 Å². The van der Waals surface area contributed by atoms with Crippen LogP contribution in [0.2, 0.25) is 0 Å². The van der Waals surface area contributed by atoms with Crippen LogP contribution in [-0.4, -0.2) is 12.5 Å². The summed E-state index contributed by atoms with van der Waals surface area (Å²) in [4.78, 5) is 12.0. The number of hydrogen-bond acceptors (Lipinski definition) is 2. The molecule has 3 rings (SSSR count). The van der Waals surface area contributed by atoms with E-state index in [9.17, 15) is 13.6 Å². The van der Waals surface area contributed by atoms with E-state index in [2.05, 4.69) is 10.6 Å². The molecule has 1 heterocycles. The molecule has 0 saturated heterocycles. The smallest absolute Gasteiger partial charge is 0.232 e. The molecule has 3 nitrogen and oxygen atoms in total. The second kappa shape index (κ2) is 3.42. The molecule has 5 heteroatoms. The van der Waals surface area contributed by atoms with Gasteiger partial charge in [-0.2, -0.15) is 0 Å². The number of amides is 1. The number of halogens is 2. The summed E-state index contributed by atoms with van der Waals surface area (Å²) < 4.78 is 26.6. The van der Waals surface area contributed by atoms with Gasteiger partial charge in [0.1, 0.15) is 11.5 Å². The van der Waals surface area contributed by atoms with Gasteiger partial charge in [-0.25, -0.2) is 8.78 Å². The quantitative estimate of drug-likeness (QED) is 0.729. The fraction of sp³-hybridized carbons (Fsp3) is 0.417. The average Bonchev–Trinajstić information content (AvgIpc) is 2.34. The van der Waals surface area contributed by atoms with Crippen molar-refractivity contribution in [2.45, 2.75) is 19.3 Å². The van der Waals surface area contributed by atoms with Gasteiger partial charge < -0.3 is 10.6 Å². The fourth-order valence-corrected chi connectivity index (χ4v) is 2.44. The zero-order chi connectivity index (χ0) is 12.0. The molecule has 90 valence electrons. The van der Waals surface area contributed by atoms with Gasteiger partial charge in [-0.3, -0.25) is 4.79 Å². The third kappa shape index (κ3) is 1.49. The number of fused-ring (bicyclic) bond motifs is 1. The maximum Gasteiger partial charge on any atom is 0.232 e. The molecular formula is C12H12F2N2O. The molecule has 2 aliphatic rings. The number of benzene rings is 1. The minimum atomic E-state index is -0.739. The first kappa shape index (κ1) is 10.5. The van der Waals surface area contributed by atoms with Gasteiger partial charge >= 0.3 is 0 Å². The van der Waals surface area contributed by atoms with E-state index in [1.165, 1.54) is 6.07 Å². The Kier molecular flexibility index (Phi) is 2.11. The van der Waals surface area contributed by atoms with E-state index in [4.69, 9.17) is 0 Å². The summed E-state index contributed by atoms with van der Waals surface area (Å²) >= 11 is 0. The van der Waals surface area contributed by atoms with E-state index < -0.39 is 17.0 Å². The van der Waals surface area contributed by atoms with Crippen LogP contribution in [0.25, 0.3) is 0 Å². The minimum absolute atomic E-state index is 0.0557. The molecule has 0 aromatic heterocycles. The molecule has 1 aromatic rings. The molecule has 1 aliphatic heterocycles. The number of carbonyl (C=O) groups excluding carboxylic acids is 1. The average molecular weight is 238 g/mol. The number of rotatable bonds is 0. The van der Waals surface area contributed by atoms with E-state index in [1.807, 2.05) is 0 Å². The van der Waals surface area contributed by atoms with E-state index in [1.54, 1.807) is 0 Å². The van der Waals surface area contributed by atoms with Crippen molar-refractivity contribution in [3.05, 3.63) is 23.8 Å². The lowest BCUT2D eigenvalue weighted by Gasteiger charge is -2.38. The van der Waals surface area contributed by atoms with Gasteiger partial charge in [-0.1, -0.05) is 6.42 Å². The Bertz CT molecular complexity index is 498. The van der Waals surface area contributed by atoms with Crippen molar-refractivity contribution in [1.82, 2.24) is 0 Å². The van der Waals surface area contributed by atoms with Crippen LogP contribution < -0.4 is 10.6 Å². The zero-order valence-electron chi connectivity index (χ0n) is 9.15. The molecular weight excluding hydrogens is 226 g/mol. The summed E-state index contributed by atoms with van der Waals surface area (Å²) in [6.07, 6.45) is 2.59. The molecule has 2 N–H and O–H groups in total. The Labute approximate surface area is 97.2 Å². The number of hydrogen-bond donors (Lipinski definition) is 2. The molecule has 1 aliphatic carbocycles. The normalized spacial score (nSPS) is 20.9. The minimum Gasteiger partial charge on any atom is -0.382 e. The summed E-state index contributed by atoms with van der Waals surface area (Å²) in [6, 6.07) is 1.98. The number of nitrogens with one attached hydrogen (secondary N) is 2. The van der Waals surface area contributed by atoms with Gasteiger partial charge in [-0.05, 0) is 18.9 Å². The first-order valence-electron chi connectivity index (χ1n) is 5.65. The Morgan fingerprint density at radius 1 is 1.24 bits per heavy atom. The second-order valence-electron chi connectivity index (χ2n) is 4.75. The summed E-state index contributed by atoms with van der Waals surface area (Å²) in [5.41, 5.74) is -0.0677. The zero-order valence-corrected chi connectivity index (χ0v) is 9.15. The van der Waals surface area contributed by atoms with Gasteiger partial charge in [0.25, 0.3) is 0 Å². The fourth-order valence-electron chi connectivity index (χ4n) is 2.44. The maximum absolute atomic E-state index is 13.6. The molecule has 0 unspecified atom stereocenters. The standard InChI is InChI=1S/C12H12F2N2O/c13-7-4-8(14)10-9(5-7)15-6-12(2-1-3-12)11(17)16-10/h4-5,15H,1-3,6H2,(H,16,17). The first-order chi connectivity index (χ1) is 8.11. The van der Waals surface area contributed by atoms with Crippen molar-refractivity contribution >= 4 is 17.3 Å². The molecule has 1 aromatic carbocycles. The Morgan fingerprint density at radius 2 is 2.00 bits per heavy atom. The monoisotopic (exact) mass is 238 g/mol. The number of carbonyl (C=O) groups is 1. The lowest BCUT2D eigenvalue weighted by Crippen LogP contribution is -2.45. The highest BCUT2D eigenvalue weighted by atomic mass is 19.1. The van der Waals surface area contributed by atoms with Crippen LogP contribution in [0.3, 0.4) is 0 Å². The lowest BCUT2D eigenvalue weighted by molar-refractivity contribution is -0.129. The molecule has 1 saturated carbocycles. The molecule has 1 spiro atoms. The first-order valence-corrected chi connectivity index (χ1v) is 5.65. The maximum atomic E-state index is 13.6. The molecule has 0 bridgehead atoms. The van der Waals surface area contributed by atoms with Crippen LogP contribution in [0.5, 0.6) is 0 Å². The van der Waals surface area contributed by atoms with Gasteiger partial charge in [0.15, 0.2) is 5.82 Å². The highest BCUT2D eigenvalue weighted by molar-refractivity contribution is 6.00. The van der Waals surface area contributed by atoms with Crippen LogP contribution in [0, 0.1) is 17.0 Å². The number of anilines is 2. The predicted octanol–water partition coefficient (Wildman–Crippen LogP) is 2.50. The Balaban J connectivity index is 2.02. The molecule has 1 fully saturated rings. The van der Waals surface area contributed by atoms with E-state index in [-0.39, 0.29) is 11.6 Å². The Hall–Kier alpha value is -1.65. The molecule has 1 amide bonds. The predicted molar refractivity (Wildman–Crippen MR) is 59.8 cm³/mol. The van der Waals surface area contributed by atoms with Crippen LogP contribution in [-0.2, 0) is 4.79 Å². The van der Waals surface area contributed by atoms with Gasteiger partial charge in [0.2, 0.25) is 5.91 Å². The third-order valence-electron chi connectivity index (χ3n) is 3.70. The van der Waals surface area contributed by atoms with E-state index >= 15 is 0 Å². The highest BCUT2D eigenvalue weighted by Gasteiger charge is 2.45. The van der Waals surface area contributed by atoms with Crippen molar-refractivity contribution in [3.8, 4) is 0 Å². The van der Waals surface area contributed by atoms with Crippen molar-refractivity contribution in [1.29, 1.82) is 0 Å². The van der Waals surface area contributed by atoms with Crippen LogP contribution >= 0.6 is 0 Å². The van der Waals surface area contributed by atoms with E-state index in [0.29, 0.717) is 12.2 Å². The largest absolute Gasteiger partial charge is 0.382 e. The summed E-state index contributed by atoms with van der Waals surface area (Å²) in [6.45, 7) is 0.439. The lowest BCUT2D eigenvalue weighted by atomic mass is 9.68. The molecule has 0 radical (unpaired) electrons. The SMILES string of the molecule is O=C1Nc2c(F)cc(F)cc2NCC12CCC2. The van der Waals surface area contributed by atoms with Crippen LogP contribution in [0.15, 0.2) is 12.1 Å². The van der Waals surface area contributed by atoms with Gasteiger partial charge in [0, 0.05) is 12.6 Å².